The molecule has 18 heavy (non-hydrogen) atoms. The summed E-state index contributed by atoms with van der Waals surface area (Å²) in [5.41, 5.74) is 0. The van der Waals surface area contributed by atoms with Crippen molar-refractivity contribution < 1.29 is 9.53 Å². The van der Waals surface area contributed by atoms with Crippen LogP contribution in [0.5, 0.6) is 0 Å². The van der Waals surface area contributed by atoms with Crippen LogP contribution in [0.25, 0.3) is 0 Å². The zero-order valence-corrected chi connectivity index (χ0v) is 10.7. The Balaban J connectivity index is 1.60. The van der Waals surface area contributed by atoms with Gasteiger partial charge >= 0.3 is 0 Å². The fourth-order valence-electron chi connectivity index (χ4n) is 3.14. The number of amides is 1. The van der Waals surface area contributed by atoms with Crippen molar-refractivity contribution in [2.75, 3.05) is 32.8 Å². The summed E-state index contributed by atoms with van der Waals surface area (Å²) in [5, 5.41) is 0. The molecule has 1 amide bonds. The summed E-state index contributed by atoms with van der Waals surface area (Å²) in [6.07, 6.45) is 4.48. The Bertz CT molecular complexity index is 379. The van der Waals surface area contributed by atoms with Gasteiger partial charge in [0.15, 0.2) is 0 Å². The number of hydrogen-bond acceptors (Lipinski definition) is 3. The van der Waals surface area contributed by atoms with Crippen LogP contribution in [0.1, 0.15) is 25.7 Å². The first-order chi connectivity index (χ1) is 8.84. The van der Waals surface area contributed by atoms with Crippen molar-refractivity contribution in [1.29, 1.82) is 0 Å². The monoisotopic (exact) mass is 248 g/mol. The van der Waals surface area contributed by atoms with Crippen LogP contribution in [0.2, 0.25) is 0 Å². The number of ether oxygens (including phenoxy) is 1. The van der Waals surface area contributed by atoms with Crippen LogP contribution in [0, 0.1) is 11.8 Å². The number of carbonyl (C=O) groups is 1. The van der Waals surface area contributed by atoms with Crippen molar-refractivity contribution in [2.45, 2.75) is 37.8 Å². The quantitative estimate of drug-likeness (QED) is 0.584. The van der Waals surface area contributed by atoms with Gasteiger partial charge in [-0.1, -0.05) is 5.92 Å². The number of fused-ring (bicyclic) bond motifs is 1. The summed E-state index contributed by atoms with van der Waals surface area (Å²) in [6, 6.07) is 0.797. The van der Waals surface area contributed by atoms with E-state index in [0.717, 1.165) is 58.5 Å². The molecule has 2 atom stereocenters. The van der Waals surface area contributed by atoms with Gasteiger partial charge in [0.1, 0.15) is 0 Å². The lowest BCUT2D eigenvalue weighted by atomic mass is 10.2. The highest BCUT2D eigenvalue weighted by molar-refractivity contribution is 5.93. The van der Waals surface area contributed by atoms with E-state index in [4.69, 9.17) is 4.74 Å². The normalized spacial score (nSPS) is 31.9. The van der Waals surface area contributed by atoms with E-state index in [-0.39, 0.29) is 11.9 Å². The topological polar surface area (TPSA) is 32.8 Å². The molecule has 3 aliphatic heterocycles. The lowest BCUT2D eigenvalue weighted by molar-refractivity contribution is -0.124. The van der Waals surface area contributed by atoms with E-state index >= 15 is 0 Å². The predicted octanol–water partition coefficient (Wildman–Crippen LogP) is 0.475. The largest absolute Gasteiger partial charge is 0.378 e. The molecular formula is C14H20N2O2. The van der Waals surface area contributed by atoms with Gasteiger partial charge < -0.3 is 9.64 Å². The number of carbonyl (C=O) groups excluding carboxylic acids is 1. The molecule has 0 aromatic carbocycles. The lowest BCUT2D eigenvalue weighted by Gasteiger charge is -2.31. The van der Waals surface area contributed by atoms with E-state index < -0.39 is 0 Å². The molecule has 0 aromatic rings. The molecule has 0 saturated carbocycles. The van der Waals surface area contributed by atoms with Crippen molar-refractivity contribution >= 4 is 5.91 Å². The molecule has 3 fully saturated rings. The van der Waals surface area contributed by atoms with Crippen LogP contribution >= 0.6 is 0 Å². The number of likely N-dealkylation sites (tertiary alicyclic amines) is 1. The fourth-order valence-corrected chi connectivity index (χ4v) is 3.14. The molecular weight excluding hydrogens is 228 g/mol. The average Bonchev–Trinajstić information content (AvgIpc) is 3.06. The molecule has 3 aliphatic rings. The second kappa shape index (κ2) is 5.29. The molecule has 3 heterocycles. The number of rotatable bonds is 0. The summed E-state index contributed by atoms with van der Waals surface area (Å²) in [4.78, 5) is 16.2. The van der Waals surface area contributed by atoms with Crippen LogP contribution in [0.4, 0.5) is 0 Å². The standard InChI is InChI=1S/C14H20N2O2/c17-14(15-7-1-2-8-15)6-5-12-3-4-13-11-18-10-9-16(12)13/h12-13H,1-4,7-11H2/t12-,13-/m1/s1. The van der Waals surface area contributed by atoms with E-state index in [1.165, 1.54) is 0 Å². The first-order valence-electron chi connectivity index (χ1n) is 6.98. The number of hydrogen-bond donors (Lipinski definition) is 0. The lowest BCUT2D eigenvalue weighted by Crippen LogP contribution is -2.44. The summed E-state index contributed by atoms with van der Waals surface area (Å²) in [5.74, 6) is 6.06. The van der Waals surface area contributed by atoms with Gasteiger partial charge in [-0.05, 0) is 31.6 Å². The highest BCUT2D eigenvalue weighted by Gasteiger charge is 2.34. The molecule has 0 bridgehead atoms. The van der Waals surface area contributed by atoms with Gasteiger partial charge in [0.05, 0.1) is 19.3 Å². The molecule has 0 N–H and O–H groups in total. The summed E-state index contributed by atoms with van der Waals surface area (Å²) >= 11 is 0. The van der Waals surface area contributed by atoms with Crippen LogP contribution < -0.4 is 0 Å². The van der Waals surface area contributed by atoms with Gasteiger partial charge in [-0.15, -0.1) is 0 Å². The van der Waals surface area contributed by atoms with E-state index in [1.807, 2.05) is 4.90 Å². The number of morpholine rings is 1. The molecule has 0 radical (unpaired) electrons. The SMILES string of the molecule is O=C(C#C[C@H]1CC[C@@H]2COCCN21)N1CCCC1. The van der Waals surface area contributed by atoms with E-state index in [9.17, 15) is 4.79 Å². The molecule has 0 spiro atoms. The minimum absolute atomic E-state index is 0.0178. The Hall–Kier alpha value is -1.05. The molecule has 3 saturated heterocycles. The second-order valence-corrected chi connectivity index (χ2v) is 5.33. The van der Waals surface area contributed by atoms with Gasteiger partial charge in [0, 0.05) is 25.7 Å². The van der Waals surface area contributed by atoms with Crippen molar-refractivity contribution in [2.24, 2.45) is 0 Å². The van der Waals surface area contributed by atoms with Crippen molar-refractivity contribution in [3.63, 3.8) is 0 Å². The Morgan fingerprint density at radius 3 is 2.83 bits per heavy atom. The summed E-state index contributed by atoms with van der Waals surface area (Å²) in [6.45, 7) is 4.37. The molecule has 0 unspecified atom stereocenters. The van der Waals surface area contributed by atoms with Gasteiger partial charge in [0.25, 0.3) is 5.91 Å². The molecule has 98 valence electrons. The van der Waals surface area contributed by atoms with E-state index in [2.05, 4.69) is 16.7 Å². The molecule has 4 nitrogen and oxygen atoms in total. The van der Waals surface area contributed by atoms with Crippen molar-refractivity contribution in [3.05, 3.63) is 0 Å². The van der Waals surface area contributed by atoms with Crippen LogP contribution in [-0.2, 0) is 9.53 Å². The van der Waals surface area contributed by atoms with Crippen molar-refractivity contribution in [3.8, 4) is 11.8 Å². The first kappa shape index (κ1) is 12.0. The third-order valence-corrected chi connectivity index (χ3v) is 4.19. The maximum atomic E-state index is 11.9. The highest BCUT2D eigenvalue weighted by Crippen LogP contribution is 2.25. The molecule has 4 heteroatoms. The third-order valence-electron chi connectivity index (χ3n) is 4.19. The van der Waals surface area contributed by atoms with Crippen LogP contribution in [0.3, 0.4) is 0 Å². The van der Waals surface area contributed by atoms with Crippen LogP contribution in [-0.4, -0.2) is 60.6 Å². The second-order valence-electron chi connectivity index (χ2n) is 5.33. The third kappa shape index (κ3) is 2.38. The Morgan fingerprint density at radius 2 is 2.00 bits per heavy atom. The van der Waals surface area contributed by atoms with E-state index in [0.29, 0.717) is 6.04 Å². The average molecular weight is 248 g/mol. The number of nitrogens with zero attached hydrogens (tertiary/aromatic N) is 2. The zero-order chi connectivity index (χ0) is 12.4. The molecule has 0 aliphatic carbocycles. The van der Waals surface area contributed by atoms with Crippen molar-refractivity contribution in [1.82, 2.24) is 9.80 Å². The minimum Gasteiger partial charge on any atom is -0.378 e. The smallest absolute Gasteiger partial charge is 0.298 e. The fraction of sp³-hybridized carbons (Fsp3) is 0.786. The maximum Gasteiger partial charge on any atom is 0.298 e. The van der Waals surface area contributed by atoms with Crippen LogP contribution in [0.15, 0.2) is 0 Å². The van der Waals surface area contributed by atoms with Gasteiger partial charge in [-0.25, -0.2) is 0 Å². The molecule has 0 aromatic heterocycles. The predicted molar refractivity (Wildman–Crippen MR) is 67.9 cm³/mol. The first-order valence-corrected chi connectivity index (χ1v) is 6.98. The zero-order valence-electron chi connectivity index (χ0n) is 10.7. The highest BCUT2D eigenvalue weighted by atomic mass is 16.5. The minimum atomic E-state index is 0.0178. The van der Waals surface area contributed by atoms with Gasteiger partial charge in [-0.3, -0.25) is 9.69 Å². The Morgan fingerprint density at radius 1 is 1.17 bits per heavy atom. The Labute approximate surface area is 108 Å². The maximum absolute atomic E-state index is 11.9. The molecule has 3 rings (SSSR count). The summed E-state index contributed by atoms with van der Waals surface area (Å²) < 4.78 is 5.47. The summed E-state index contributed by atoms with van der Waals surface area (Å²) in [7, 11) is 0. The Kier molecular flexibility index (Phi) is 3.53. The van der Waals surface area contributed by atoms with Gasteiger partial charge in [0.2, 0.25) is 0 Å². The van der Waals surface area contributed by atoms with E-state index in [1.54, 1.807) is 0 Å². The van der Waals surface area contributed by atoms with Gasteiger partial charge in [-0.2, -0.15) is 0 Å².